The molecule has 0 saturated carbocycles. The first kappa shape index (κ1) is 11.8. The van der Waals surface area contributed by atoms with Gasteiger partial charge < -0.3 is 10.1 Å². The van der Waals surface area contributed by atoms with Crippen molar-refractivity contribution in [3.05, 3.63) is 34.6 Å². The molecule has 98 valence electrons. The second-order valence-electron chi connectivity index (χ2n) is 4.37. The summed E-state index contributed by atoms with van der Waals surface area (Å²) in [5.41, 5.74) is 0.651. The minimum absolute atomic E-state index is 0.0108. The molecular formula is C12H12N4O3. The smallest absolute Gasteiger partial charge is 0.270 e. The number of ether oxygens (including phenoxy) is 1. The zero-order valence-electron chi connectivity index (χ0n) is 10.1. The van der Waals surface area contributed by atoms with E-state index in [4.69, 9.17) is 4.74 Å². The fraction of sp³-hybridized carbons (Fsp3) is 0.333. The van der Waals surface area contributed by atoms with Crippen LogP contribution in [0.3, 0.4) is 0 Å². The molecule has 3 rings (SSSR count). The van der Waals surface area contributed by atoms with Gasteiger partial charge in [0, 0.05) is 18.7 Å². The molecule has 1 atom stereocenters. The average Bonchev–Trinajstić information content (AvgIpc) is 2.91. The number of hydrogen-bond donors (Lipinski definition) is 1. The summed E-state index contributed by atoms with van der Waals surface area (Å²) in [6.45, 7) is 1.67. The molecule has 0 aliphatic carbocycles. The van der Waals surface area contributed by atoms with Crippen molar-refractivity contribution in [1.82, 2.24) is 15.3 Å². The summed E-state index contributed by atoms with van der Waals surface area (Å²) in [5, 5.41) is 14.6. The third-order valence-electron chi connectivity index (χ3n) is 3.09. The van der Waals surface area contributed by atoms with E-state index in [1.807, 2.05) is 0 Å². The highest BCUT2D eigenvalue weighted by Gasteiger charge is 2.19. The van der Waals surface area contributed by atoms with E-state index in [-0.39, 0.29) is 11.8 Å². The molecule has 1 unspecified atom stereocenters. The van der Waals surface area contributed by atoms with Crippen LogP contribution in [0.4, 0.5) is 5.69 Å². The summed E-state index contributed by atoms with van der Waals surface area (Å²) in [6.07, 6.45) is 2.36. The number of nitrogens with one attached hydrogen (secondary N) is 1. The fourth-order valence-electron chi connectivity index (χ4n) is 2.12. The zero-order valence-corrected chi connectivity index (χ0v) is 10.1. The molecule has 0 spiro atoms. The van der Waals surface area contributed by atoms with Gasteiger partial charge in [-0.25, -0.2) is 9.97 Å². The molecule has 1 aromatic carbocycles. The van der Waals surface area contributed by atoms with Crippen molar-refractivity contribution in [2.45, 2.75) is 12.5 Å². The number of nitro groups is 1. The number of rotatable bonds is 3. The first-order valence-electron chi connectivity index (χ1n) is 6.00. The largest absolute Gasteiger partial charge is 0.472 e. The van der Waals surface area contributed by atoms with E-state index in [1.54, 1.807) is 6.07 Å². The van der Waals surface area contributed by atoms with Crippen molar-refractivity contribution >= 4 is 16.6 Å². The molecule has 1 aliphatic rings. The molecule has 7 heteroatoms. The fourth-order valence-corrected chi connectivity index (χ4v) is 2.12. The summed E-state index contributed by atoms with van der Waals surface area (Å²) in [4.78, 5) is 18.6. The van der Waals surface area contributed by atoms with Crippen LogP contribution in [-0.2, 0) is 0 Å². The summed E-state index contributed by atoms with van der Waals surface area (Å²) >= 11 is 0. The van der Waals surface area contributed by atoms with Crippen molar-refractivity contribution in [3.63, 3.8) is 0 Å². The Bertz CT molecular complexity index is 625. The van der Waals surface area contributed by atoms with Gasteiger partial charge in [0.2, 0.25) is 5.88 Å². The highest BCUT2D eigenvalue weighted by molar-refractivity contribution is 5.85. The topological polar surface area (TPSA) is 90.2 Å². The lowest BCUT2D eigenvalue weighted by Gasteiger charge is -2.12. The number of nitro benzene ring substituents is 1. The lowest BCUT2D eigenvalue weighted by atomic mass is 10.2. The Morgan fingerprint density at radius 2 is 2.32 bits per heavy atom. The maximum Gasteiger partial charge on any atom is 0.270 e. The van der Waals surface area contributed by atoms with E-state index in [0.29, 0.717) is 16.8 Å². The van der Waals surface area contributed by atoms with Gasteiger partial charge >= 0.3 is 0 Å². The van der Waals surface area contributed by atoms with Gasteiger partial charge in [0.15, 0.2) is 0 Å². The van der Waals surface area contributed by atoms with E-state index in [9.17, 15) is 10.1 Å². The van der Waals surface area contributed by atoms with Crippen LogP contribution in [0.15, 0.2) is 24.5 Å². The van der Waals surface area contributed by atoms with Crippen LogP contribution in [0.1, 0.15) is 6.42 Å². The second-order valence-corrected chi connectivity index (χ2v) is 4.37. The molecule has 1 aliphatic heterocycles. The van der Waals surface area contributed by atoms with Crippen molar-refractivity contribution in [2.75, 3.05) is 13.1 Å². The number of nitrogens with zero attached hydrogens (tertiary/aromatic N) is 3. The number of benzene rings is 1. The van der Waals surface area contributed by atoms with Crippen LogP contribution < -0.4 is 10.1 Å². The molecular weight excluding hydrogens is 248 g/mol. The zero-order chi connectivity index (χ0) is 13.2. The Hall–Kier alpha value is -2.28. The maximum atomic E-state index is 10.8. The van der Waals surface area contributed by atoms with Crippen molar-refractivity contribution in [2.24, 2.45) is 0 Å². The van der Waals surface area contributed by atoms with Gasteiger partial charge in [-0.15, -0.1) is 0 Å². The Morgan fingerprint density at radius 1 is 1.42 bits per heavy atom. The van der Waals surface area contributed by atoms with Crippen LogP contribution in [0, 0.1) is 10.1 Å². The van der Waals surface area contributed by atoms with Gasteiger partial charge in [0.25, 0.3) is 5.69 Å². The molecule has 0 amide bonds. The predicted molar refractivity (Wildman–Crippen MR) is 68.1 cm³/mol. The maximum absolute atomic E-state index is 10.8. The Kier molecular flexibility index (Phi) is 2.96. The van der Waals surface area contributed by atoms with Crippen LogP contribution in [0.25, 0.3) is 10.9 Å². The first-order valence-corrected chi connectivity index (χ1v) is 6.00. The molecule has 1 saturated heterocycles. The van der Waals surface area contributed by atoms with Crippen LogP contribution >= 0.6 is 0 Å². The summed E-state index contributed by atoms with van der Waals surface area (Å²) in [6, 6.07) is 4.48. The van der Waals surface area contributed by atoms with Crippen molar-refractivity contribution in [3.8, 4) is 5.88 Å². The minimum atomic E-state index is -0.437. The quantitative estimate of drug-likeness (QED) is 0.660. The summed E-state index contributed by atoms with van der Waals surface area (Å²) in [7, 11) is 0. The SMILES string of the molecule is O=[N+]([O-])c1ccc2ncnc(OC3CCNC3)c2c1. The molecule has 0 bridgehead atoms. The van der Waals surface area contributed by atoms with Gasteiger partial charge in [-0.05, 0) is 19.0 Å². The number of non-ortho nitro benzene ring substituents is 1. The predicted octanol–water partition coefficient (Wildman–Crippen LogP) is 1.28. The average molecular weight is 260 g/mol. The minimum Gasteiger partial charge on any atom is -0.472 e. The molecule has 2 heterocycles. The number of aromatic nitrogens is 2. The number of hydrogen-bond acceptors (Lipinski definition) is 6. The normalized spacial score (nSPS) is 18.6. The third-order valence-corrected chi connectivity index (χ3v) is 3.09. The Labute approximate surface area is 108 Å². The second kappa shape index (κ2) is 4.77. The molecule has 1 N–H and O–H groups in total. The van der Waals surface area contributed by atoms with Gasteiger partial charge in [0.05, 0.1) is 15.8 Å². The van der Waals surface area contributed by atoms with Crippen LogP contribution in [-0.4, -0.2) is 34.1 Å². The Balaban J connectivity index is 2.01. The van der Waals surface area contributed by atoms with E-state index in [1.165, 1.54) is 18.5 Å². The molecule has 7 nitrogen and oxygen atoms in total. The monoisotopic (exact) mass is 260 g/mol. The van der Waals surface area contributed by atoms with E-state index < -0.39 is 4.92 Å². The van der Waals surface area contributed by atoms with E-state index in [0.717, 1.165) is 19.5 Å². The van der Waals surface area contributed by atoms with Gasteiger partial charge in [-0.1, -0.05) is 0 Å². The molecule has 19 heavy (non-hydrogen) atoms. The van der Waals surface area contributed by atoms with Crippen LogP contribution in [0.5, 0.6) is 5.88 Å². The lowest BCUT2D eigenvalue weighted by Crippen LogP contribution is -2.20. The molecule has 0 radical (unpaired) electrons. The highest BCUT2D eigenvalue weighted by Crippen LogP contribution is 2.26. The van der Waals surface area contributed by atoms with E-state index >= 15 is 0 Å². The standard InChI is InChI=1S/C12H12N4O3/c17-16(18)8-1-2-11-10(5-8)12(15-7-14-11)19-9-3-4-13-6-9/h1-2,5,7,9,13H,3-4,6H2. The Morgan fingerprint density at radius 3 is 3.05 bits per heavy atom. The summed E-state index contributed by atoms with van der Waals surface area (Å²) in [5.74, 6) is 0.405. The van der Waals surface area contributed by atoms with Crippen molar-refractivity contribution in [1.29, 1.82) is 0 Å². The highest BCUT2D eigenvalue weighted by atomic mass is 16.6. The van der Waals surface area contributed by atoms with E-state index in [2.05, 4.69) is 15.3 Å². The molecule has 2 aromatic rings. The first-order chi connectivity index (χ1) is 9.24. The molecule has 1 fully saturated rings. The lowest BCUT2D eigenvalue weighted by molar-refractivity contribution is -0.384. The summed E-state index contributed by atoms with van der Waals surface area (Å²) < 4.78 is 5.79. The van der Waals surface area contributed by atoms with Gasteiger partial charge in [-0.3, -0.25) is 10.1 Å². The number of fused-ring (bicyclic) bond motifs is 1. The molecule has 1 aromatic heterocycles. The van der Waals surface area contributed by atoms with Gasteiger partial charge in [-0.2, -0.15) is 0 Å². The van der Waals surface area contributed by atoms with Gasteiger partial charge in [0.1, 0.15) is 12.4 Å². The van der Waals surface area contributed by atoms with Crippen LogP contribution in [0.2, 0.25) is 0 Å². The third kappa shape index (κ3) is 2.32. The van der Waals surface area contributed by atoms with Crippen molar-refractivity contribution < 1.29 is 9.66 Å².